The Morgan fingerprint density at radius 2 is 1.29 bits per heavy atom. The van der Waals surface area contributed by atoms with Crippen LogP contribution in [-0.4, -0.2) is 30.6 Å². The standard InChI is InChI=1S/C9H8O4.C7H9NO2S/c1-5-6(8(10)11)3-2-4-7(5)9(12)13;1-6-2-4-7(5-3-6)11(8,9)10/h2-4H,1H3,(H,10,11)(H,12,13);2-5H,1H3,(H2,8,9,10). The van der Waals surface area contributed by atoms with Gasteiger partial charge in [0.15, 0.2) is 0 Å². The number of nitrogens with two attached hydrogens (primary N) is 1. The first kappa shape index (κ1) is 19.3. The van der Waals surface area contributed by atoms with Crippen LogP contribution < -0.4 is 5.14 Å². The predicted molar refractivity (Wildman–Crippen MR) is 87.6 cm³/mol. The average molecular weight is 351 g/mol. The molecule has 128 valence electrons. The molecule has 0 heterocycles. The van der Waals surface area contributed by atoms with Crippen LogP contribution in [0.5, 0.6) is 0 Å². The molecule has 8 heteroatoms. The topological polar surface area (TPSA) is 135 Å². The minimum atomic E-state index is -3.52. The van der Waals surface area contributed by atoms with Crippen LogP contribution in [0.25, 0.3) is 0 Å². The lowest BCUT2D eigenvalue weighted by Crippen LogP contribution is -2.11. The number of sulfonamides is 1. The van der Waals surface area contributed by atoms with E-state index in [1.165, 1.54) is 37.3 Å². The third kappa shape index (κ3) is 5.18. The third-order valence-electron chi connectivity index (χ3n) is 3.14. The molecule has 0 aliphatic rings. The van der Waals surface area contributed by atoms with Gasteiger partial charge in [0.25, 0.3) is 0 Å². The van der Waals surface area contributed by atoms with Gasteiger partial charge in [-0.3, -0.25) is 0 Å². The van der Waals surface area contributed by atoms with Gasteiger partial charge in [0, 0.05) is 0 Å². The summed E-state index contributed by atoms with van der Waals surface area (Å²) in [7, 11) is -3.52. The van der Waals surface area contributed by atoms with E-state index >= 15 is 0 Å². The van der Waals surface area contributed by atoms with E-state index in [2.05, 4.69) is 0 Å². The number of primary sulfonamides is 1. The molecule has 7 nitrogen and oxygen atoms in total. The highest BCUT2D eigenvalue weighted by molar-refractivity contribution is 7.89. The van der Waals surface area contributed by atoms with Gasteiger partial charge < -0.3 is 10.2 Å². The maximum atomic E-state index is 10.7. The summed E-state index contributed by atoms with van der Waals surface area (Å²) < 4.78 is 21.4. The van der Waals surface area contributed by atoms with Crippen LogP contribution in [0.2, 0.25) is 0 Å². The van der Waals surface area contributed by atoms with Crippen LogP contribution in [0.1, 0.15) is 31.8 Å². The van der Waals surface area contributed by atoms with Crippen molar-refractivity contribution >= 4 is 22.0 Å². The Kier molecular flexibility index (Phi) is 6.21. The summed E-state index contributed by atoms with van der Waals surface area (Å²) in [5.41, 5.74) is 1.35. The predicted octanol–water partition coefficient (Wildman–Crippen LogP) is 2.03. The van der Waals surface area contributed by atoms with Crippen molar-refractivity contribution < 1.29 is 28.2 Å². The van der Waals surface area contributed by atoms with Gasteiger partial charge in [-0.2, -0.15) is 0 Å². The van der Waals surface area contributed by atoms with Crippen LogP contribution in [0.4, 0.5) is 0 Å². The number of carbonyl (C=O) groups is 2. The Labute approximate surface area is 139 Å². The molecule has 0 radical (unpaired) electrons. The molecular weight excluding hydrogens is 334 g/mol. The van der Waals surface area contributed by atoms with Gasteiger partial charge in [0.1, 0.15) is 0 Å². The molecule has 0 amide bonds. The van der Waals surface area contributed by atoms with E-state index in [-0.39, 0.29) is 21.6 Å². The quantitative estimate of drug-likeness (QED) is 0.774. The number of carboxylic acid groups (broad SMARTS) is 2. The maximum absolute atomic E-state index is 10.7. The van der Waals surface area contributed by atoms with Crippen molar-refractivity contribution in [1.29, 1.82) is 0 Å². The summed E-state index contributed by atoms with van der Waals surface area (Å²) in [5, 5.41) is 22.2. The first-order chi connectivity index (χ1) is 11.0. The summed E-state index contributed by atoms with van der Waals surface area (Å²) in [6.07, 6.45) is 0. The number of benzene rings is 2. The molecule has 0 aliphatic carbocycles. The molecule has 2 aromatic carbocycles. The Morgan fingerprint density at radius 1 is 0.875 bits per heavy atom. The monoisotopic (exact) mass is 351 g/mol. The lowest BCUT2D eigenvalue weighted by atomic mass is 10.0. The molecule has 0 aromatic heterocycles. The summed E-state index contributed by atoms with van der Waals surface area (Å²) in [6.45, 7) is 3.36. The van der Waals surface area contributed by atoms with Gasteiger partial charge in [-0.15, -0.1) is 0 Å². The molecule has 0 spiro atoms. The van der Waals surface area contributed by atoms with Gasteiger partial charge in [0.05, 0.1) is 16.0 Å². The lowest BCUT2D eigenvalue weighted by molar-refractivity contribution is 0.0696. The number of rotatable bonds is 3. The second-order valence-corrected chi connectivity index (χ2v) is 6.51. The molecule has 24 heavy (non-hydrogen) atoms. The fourth-order valence-corrected chi connectivity index (χ4v) is 2.34. The summed E-state index contributed by atoms with van der Waals surface area (Å²) in [5.74, 6) is -2.22. The van der Waals surface area contributed by atoms with E-state index < -0.39 is 22.0 Å². The van der Waals surface area contributed by atoms with Crippen molar-refractivity contribution in [1.82, 2.24) is 0 Å². The molecule has 0 saturated carbocycles. The van der Waals surface area contributed by atoms with Crippen molar-refractivity contribution in [2.75, 3.05) is 0 Å². The van der Waals surface area contributed by atoms with Gasteiger partial charge in [-0.05, 0) is 43.7 Å². The van der Waals surface area contributed by atoms with E-state index in [1.807, 2.05) is 6.92 Å². The number of hydrogen-bond acceptors (Lipinski definition) is 4. The molecule has 0 unspecified atom stereocenters. The summed E-state index contributed by atoms with van der Waals surface area (Å²) in [4.78, 5) is 21.4. The highest BCUT2D eigenvalue weighted by Gasteiger charge is 2.13. The fourth-order valence-electron chi connectivity index (χ4n) is 1.83. The fraction of sp³-hybridized carbons (Fsp3) is 0.125. The highest BCUT2D eigenvalue weighted by Crippen LogP contribution is 2.13. The van der Waals surface area contributed by atoms with Crippen LogP contribution in [0.3, 0.4) is 0 Å². The van der Waals surface area contributed by atoms with Crippen molar-refractivity contribution in [2.45, 2.75) is 18.7 Å². The molecule has 2 aromatic rings. The number of hydrogen-bond donors (Lipinski definition) is 3. The largest absolute Gasteiger partial charge is 0.478 e. The van der Waals surface area contributed by atoms with Gasteiger partial charge in [-0.25, -0.2) is 23.1 Å². The minimum absolute atomic E-state index is 0.0277. The van der Waals surface area contributed by atoms with Crippen LogP contribution >= 0.6 is 0 Å². The second kappa shape index (κ2) is 7.71. The zero-order valence-corrected chi connectivity index (χ0v) is 13.9. The van der Waals surface area contributed by atoms with E-state index in [0.717, 1.165) is 5.56 Å². The minimum Gasteiger partial charge on any atom is -0.478 e. The lowest BCUT2D eigenvalue weighted by Gasteiger charge is -2.03. The van der Waals surface area contributed by atoms with Gasteiger partial charge in [0.2, 0.25) is 10.0 Å². The van der Waals surface area contributed by atoms with E-state index in [4.69, 9.17) is 15.4 Å². The molecule has 0 bridgehead atoms. The third-order valence-corrected chi connectivity index (χ3v) is 4.07. The van der Waals surface area contributed by atoms with Crippen LogP contribution in [0.15, 0.2) is 47.4 Å². The molecular formula is C16H17NO6S. The first-order valence-electron chi connectivity index (χ1n) is 6.69. The molecule has 0 fully saturated rings. The Bertz CT molecular complexity index is 824. The highest BCUT2D eigenvalue weighted by atomic mass is 32.2. The zero-order valence-electron chi connectivity index (χ0n) is 13.1. The van der Waals surface area contributed by atoms with E-state index in [1.54, 1.807) is 12.1 Å². The van der Waals surface area contributed by atoms with E-state index in [9.17, 15) is 18.0 Å². The van der Waals surface area contributed by atoms with Crippen molar-refractivity contribution in [3.05, 3.63) is 64.7 Å². The van der Waals surface area contributed by atoms with Gasteiger partial charge in [-0.1, -0.05) is 23.8 Å². The Balaban J connectivity index is 0.000000243. The summed E-state index contributed by atoms with van der Waals surface area (Å²) >= 11 is 0. The number of carboxylic acids is 2. The Hall–Kier alpha value is -2.71. The maximum Gasteiger partial charge on any atom is 0.335 e. The van der Waals surface area contributed by atoms with Gasteiger partial charge >= 0.3 is 11.9 Å². The zero-order chi connectivity index (χ0) is 18.5. The first-order valence-corrected chi connectivity index (χ1v) is 8.24. The van der Waals surface area contributed by atoms with Crippen LogP contribution in [0, 0.1) is 13.8 Å². The van der Waals surface area contributed by atoms with Crippen molar-refractivity contribution in [3.63, 3.8) is 0 Å². The second-order valence-electron chi connectivity index (χ2n) is 4.95. The Morgan fingerprint density at radius 3 is 1.62 bits per heavy atom. The molecule has 0 atom stereocenters. The normalized spacial score (nSPS) is 10.5. The van der Waals surface area contributed by atoms with Crippen molar-refractivity contribution in [2.24, 2.45) is 5.14 Å². The number of aryl methyl sites for hydroxylation is 1. The van der Waals surface area contributed by atoms with Crippen LogP contribution in [-0.2, 0) is 10.0 Å². The van der Waals surface area contributed by atoms with E-state index in [0.29, 0.717) is 0 Å². The smallest absolute Gasteiger partial charge is 0.335 e. The molecule has 0 aliphatic heterocycles. The summed E-state index contributed by atoms with van der Waals surface area (Å²) in [6, 6.07) is 10.6. The number of aromatic carboxylic acids is 2. The molecule has 0 saturated heterocycles. The average Bonchev–Trinajstić information content (AvgIpc) is 2.47. The molecule has 4 N–H and O–H groups in total. The SMILES string of the molecule is Cc1c(C(=O)O)cccc1C(=O)O.Cc1ccc(S(N)(=O)=O)cc1. The van der Waals surface area contributed by atoms with Crippen molar-refractivity contribution in [3.8, 4) is 0 Å². The molecule has 2 rings (SSSR count).